The van der Waals surface area contributed by atoms with Crippen LogP contribution in [0.25, 0.3) is 12.2 Å². The largest absolute Gasteiger partial charge is 0.392 e. The summed E-state index contributed by atoms with van der Waals surface area (Å²) in [5, 5.41) is 37.2. The molecular formula is C52H66N14O22S6. The lowest BCUT2D eigenvalue weighted by atomic mass is 10.1. The summed E-state index contributed by atoms with van der Waals surface area (Å²) < 4.78 is 204. The minimum Gasteiger partial charge on any atom is -0.392 e. The quantitative estimate of drug-likeness (QED) is 0.0213. The van der Waals surface area contributed by atoms with E-state index in [0.717, 1.165) is 60.7 Å². The highest BCUT2D eigenvalue weighted by Crippen LogP contribution is 2.30. The van der Waals surface area contributed by atoms with Gasteiger partial charge in [-0.25, -0.2) is 0 Å². The van der Waals surface area contributed by atoms with Crippen molar-refractivity contribution in [3.8, 4) is 0 Å². The first kappa shape index (κ1) is 74.8. The van der Waals surface area contributed by atoms with E-state index in [0.29, 0.717) is 0 Å². The fraction of sp³-hybridized carbons (Fsp3) is 0.346. The zero-order valence-electron chi connectivity index (χ0n) is 50.4. The van der Waals surface area contributed by atoms with Crippen LogP contribution in [0.4, 0.5) is 58.4 Å². The van der Waals surface area contributed by atoms with Crippen molar-refractivity contribution in [2.24, 2.45) is 0 Å². The Balaban J connectivity index is 1.35. The Hall–Kier alpha value is -8.24. The summed E-state index contributed by atoms with van der Waals surface area (Å²) >= 11 is 0. The molecule has 6 aromatic rings. The van der Waals surface area contributed by atoms with Crippen molar-refractivity contribution in [1.29, 1.82) is 0 Å². The Labute approximate surface area is 540 Å². The van der Waals surface area contributed by atoms with Gasteiger partial charge in [0.15, 0.2) is 0 Å². The highest BCUT2D eigenvalue weighted by Gasteiger charge is 2.30. The van der Waals surface area contributed by atoms with E-state index < -0.39 is 127 Å². The van der Waals surface area contributed by atoms with Crippen molar-refractivity contribution >= 4 is 143 Å². The van der Waals surface area contributed by atoms with Crippen LogP contribution in [0.3, 0.4) is 0 Å². The Morgan fingerprint density at radius 3 is 1.00 bits per heavy atom. The summed E-state index contributed by atoms with van der Waals surface area (Å²) in [6.07, 6.45) is -0.828. The SMILES string of the molecule is CC(O)CN(CCC(=O)NC(C)(C)CS(=O)(=O)O)c1nc(Nc2ccc(S(=O)(=O)O)cc2)nc(Nc2ccc(/C=C/c3ccc(Nc4nc(Nc5ccc(S(=O)(=O)O)cc5)nc(N(CCC(=O)NC(C)(C)CS(=O)(=O)O)CC(C)O)n4)cc3S(=O)(=O)O)c(S(=O)(=O)O)c2)n1. The maximum atomic E-state index is 13.1. The second-order valence-corrected chi connectivity index (χ2v) is 30.8. The van der Waals surface area contributed by atoms with E-state index in [9.17, 15) is 97.6 Å². The fourth-order valence-corrected chi connectivity index (χ4v) is 13.2. The van der Waals surface area contributed by atoms with Crippen molar-refractivity contribution < 1.29 is 97.6 Å². The van der Waals surface area contributed by atoms with Crippen LogP contribution < -0.4 is 41.7 Å². The normalized spacial score (nSPS) is 13.4. The van der Waals surface area contributed by atoms with Crippen molar-refractivity contribution in [1.82, 2.24) is 40.5 Å². The van der Waals surface area contributed by atoms with Gasteiger partial charge in [0.25, 0.3) is 60.7 Å². The molecule has 0 saturated carbocycles. The smallest absolute Gasteiger partial charge is 0.295 e. The standard InChI is InChI=1S/C52H66N14O22S6/c1-31(67)27-65(23-21-43(69)63-51(3,4)29-89(71,72)73)49-59-45(53-35-13-17-39(18-14-35)91(77,78)79)57-47(61-49)55-37-11-9-33(41(25-37)93(83,84)85)7-8-34-10-12-38(26-42(34)94(86,87)88)56-48-58-46(54-36-15-19-40(20-16-36)92(80,81)82)60-50(62-48)66(28-32(2)68)24-22-44(70)64-52(5,6)30-90(74,75)76/h7-20,25-26,31-32,67-68H,21-24,27-30H2,1-6H3,(H,63,69)(H,64,70)(H,71,72,73)(H,74,75,76)(H,77,78,79)(H,80,81,82)(H,83,84,85)(H,86,87,88)(H2,53,55,57,59,61)(H2,54,56,58,60,62)/b8-7+. The van der Waals surface area contributed by atoms with Gasteiger partial charge in [-0.1, -0.05) is 24.3 Å². The third-order valence-corrected chi connectivity index (χ3v) is 18.1. The van der Waals surface area contributed by atoms with Gasteiger partial charge in [-0.2, -0.15) is 80.4 Å². The van der Waals surface area contributed by atoms with Gasteiger partial charge in [-0.3, -0.25) is 36.9 Å². The lowest BCUT2D eigenvalue weighted by Crippen LogP contribution is -2.49. The first-order chi connectivity index (χ1) is 43.2. The minimum atomic E-state index is -5.18. The lowest BCUT2D eigenvalue weighted by molar-refractivity contribution is -0.123. The van der Waals surface area contributed by atoms with Gasteiger partial charge < -0.3 is 51.9 Å². The van der Waals surface area contributed by atoms with Crippen molar-refractivity contribution in [2.45, 2.75) is 97.3 Å². The van der Waals surface area contributed by atoms with E-state index >= 15 is 0 Å². The number of aromatic nitrogens is 6. The van der Waals surface area contributed by atoms with E-state index in [1.807, 2.05) is 0 Å². The molecule has 4 aromatic carbocycles. The molecule has 42 heteroatoms. The molecule has 0 aliphatic rings. The molecule has 94 heavy (non-hydrogen) atoms. The third-order valence-electron chi connectivity index (χ3n) is 12.4. The molecule has 0 saturated heterocycles. The molecule has 14 N–H and O–H groups in total. The monoisotopic (exact) mass is 1430 g/mol. The Morgan fingerprint density at radius 2 is 0.734 bits per heavy atom. The van der Waals surface area contributed by atoms with Crippen molar-refractivity contribution in [2.75, 3.05) is 68.8 Å². The third kappa shape index (κ3) is 24.0. The topological polar surface area (TPSA) is 557 Å². The van der Waals surface area contributed by atoms with Gasteiger partial charge in [0.2, 0.25) is 47.5 Å². The van der Waals surface area contributed by atoms with Crippen LogP contribution >= 0.6 is 0 Å². The molecule has 36 nitrogen and oxygen atoms in total. The Kier molecular flexibility index (Phi) is 23.5. The number of amides is 2. The number of rotatable bonds is 32. The van der Waals surface area contributed by atoms with Gasteiger partial charge in [-0.15, -0.1) is 0 Å². The molecule has 2 atom stereocenters. The molecule has 0 fully saturated rings. The second kappa shape index (κ2) is 29.6. The molecule has 2 aromatic heterocycles. The number of aliphatic hydroxyl groups is 2. The number of nitrogens with zero attached hydrogens (tertiary/aromatic N) is 8. The summed E-state index contributed by atoms with van der Waals surface area (Å²) in [4.78, 5) is 52.6. The predicted octanol–water partition coefficient (Wildman–Crippen LogP) is 2.91. The molecule has 0 bridgehead atoms. The van der Waals surface area contributed by atoms with Crippen LogP contribution in [0.1, 0.15) is 65.5 Å². The van der Waals surface area contributed by atoms with E-state index in [4.69, 9.17) is 0 Å². The van der Waals surface area contributed by atoms with Gasteiger partial charge in [-0.05, 0) is 125 Å². The van der Waals surface area contributed by atoms with Crippen LogP contribution in [0.2, 0.25) is 0 Å². The molecule has 512 valence electrons. The zero-order valence-corrected chi connectivity index (χ0v) is 55.3. The first-order valence-corrected chi connectivity index (χ1v) is 36.2. The number of carbonyl (C=O) groups excluding carboxylic acids is 2. The molecule has 0 spiro atoms. The highest BCUT2D eigenvalue weighted by molar-refractivity contribution is 7.87. The summed E-state index contributed by atoms with van der Waals surface area (Å²) in [7, 11) is -28.6. The molecule has 0 aliphatic carbocycles. The van der Waals surface area contributed by atoms with Gasteiger partial charge in [0.1, 0.15) is 9.79 Å². The van der Waals surface area contributed by atoms with Crippen LogP contribution in [0.15, 0.2) is 105 Å². The number of aliphatic hydroxyl groups excluding tert-OH is 2. The van der Waals surface area contributed by atoms with Crippen LogP contribution in [0, 0.1) is 0 Å². The van der Waals surface area contributed by atoms with Crippen molar-refractivity contribution in [3.05, 3.63) is 96.1 Å². The summed E-state index contributed by atoms with van der Waals surface area (Å²) in [5.74, 6) is -4.82. The fourth-order valence-electron chi connectivity index (χ4n) is 8.82. The number of hydrogen-bond acceptors (Lipinski definition) is 28. The first-order valence-electron chi connectivity index (χ1n) is 27.2. The number of hydrogen-bond donors (Lipinski definition) is 14. The second-order valence-electron chi connectivity index (χ2n) is 22.3. The zero-order chi connectivity index (χ0) is 70.2. The molecule has 6 rings (SSSR count). The predicted molar refractivity (Wildman–Crippen MR) is 341 cm³/mol. The van der Waals surface area contributed by atoms with Gasteiger partial charge >= 0.3 is 0 Å². The maximum absolute atomic E-state index is 13.1. The van der Waals surface area contributed by atoms with Crippen LogP contribution in [-0.2, 0) is 70.3 Å². The van der Waals surface area contributed by atoms with E-state index in [-0.39, 0.29) is 109 Å². The van der Waals surface area contributed by atoms with E-state index in [2.05, 4.69) is 61.8 Å². The molecule has 0 radical (unpaired) electrons. The van der Waals surface area contributed by atoms with Crippen molar-refractivity contribution in [3.63, 3.8) is 0 Å². The summed E-state index contributed by atoms with van der Waals surface area (Å²) in [6, 6.07) is 15.9. The maximum Gasteiger partial charge on any atom is 0.295 e. The molecule has 0 aliphatic heterocycles. The summed E-state index contributed by atoms with van der Waals surface area (Å²) in [6.45, 7) is 7.21. The molecular weight excluding hydrogens is 1370 g/mol. The molecule has 2 amide bonds. The van der Waals surface area contributed by atoms with E-state index in [1.165, 1.54) is 87.7 Å². The molecule has 2 heterocycles. The Morgan fingerprint density at radius 1 is 0.447 bits per heavy atom. The average molecular weight is 1430 g/mol. The lowest BCUT2D eigenvalue weighted by Gasteiger charge is -2.27. The van der Waals surface area contributed by atoms with E-state index in [1.54, 1.807) is 0 Å². The number of anilines is 10. The highest BCUT2D eigenvalue weighted by atomic mass is 32.2. The number of nitrogens with one attached hydrogen (secondary N) is 6. The summed E-state index contributed by atoms with van der Waals surface area (Å²) in [5.41, 5.74) is -3.35. The molecule has 2 unspecified atom stereocenters. The van der Waals surface area contributed by atoms with Crippen LogP contribution in [-0.4, -0.2) is 191 Å². The Bertz CT molecular complexity index is 4240. The van der Waals surface area contributed by atoms with Crippen LogP contribution in [0.5, 0.6) is 0 Å². The minimum absolute atomic E-state index is 0.130. The number of benzene rings is 4. The number of carbonyl (C=O) groups is 2. The van der Waals surface area contributed by atoms with Gasteiger partial charge in [0.05, 0.1) is 44.6 Å². The average Bonchev–Trinajstić information content (AvgIpc) is 0.810. The van der Waals surface area contributed by atoms with Gasteiger partial charge in [0, 0.05) is 61.8 Å².